The highest BCUT2D eigenvalue weighted by Crippen LogP contribution is 2.26. The fourth-order valence-corrected chi connectivity index (χ4v) is 3.77. The van der Waals surface area contributed by atoms with Crippen molar-refractivity contribution in [3.8, 4) is 22.3 Å². The van der Waals surface area contributed by atoms with Crippen LogP contribution >= 0.6 is 15.9 Å². The topological polar surface area (TPSA) is 37.3 Å². The number of hydrogen-bond donors (Lipinski definition) is 1. The van der Waals surface area contributed by atoms with Gasteiger partial charge in [-0.15, -0.1) is 0 Å². The van der Waals surface area contributed by atoms with E-state index in [2.05, 4.69) is 47.5 Å². The summed E-state index contributed by atoms with van der Waals surface area (Å²) in [6, 6.07) is 31.1. The third-order valence-corrected chi connectivity index (χ3v) is 5.93. The first-order valence-electron chi connectivity index (χ1n) is 10.1. The summed E-state index contributed by atoms with van der Waals surface area (Å²) in [5.74, 6) is -0.307. The summed E-state index contributed by atoms with van der Waals surface area (Å²) in [4.78, 5) is 12.8. The molecule has 0 aliphatic heterocycles. The van der Waals surface area contributed by atoms with Crippen LogP contribution in [-0.4, -0.2) is 18.2 Å². The van der Waals surface area contributed by atoms with Gasteiger partial charge in [-0.2, -0.15) is 0 Å². The summed E-state index contributed by atoms with van der Waals surface area (Å²) in [5.41, 5.74) is 6.49. The first-order valence-corrected chi connectivity index (χ1v) is 10.9. The van der Waals surface area contributed by atoms with E-state index in [-0.39, 0.29) is 5.78 Å². The lowest BCUT2D eigenvalue weighted by atomic mass is 9.73. The lowest BCUT2D eigenvalue weighted by Gasteiger charge is -2.12. The molecule has 151 valence electrons. The van der Waals surface area contributed by atoms with Gasteiger partial charge in [0.15, 0.2) is 5.78 Å². The van der Waals surface area contributed by atoms with Crippen molar-refractivity contribution in [1.29, 1.82) is 0 Å². The Morgan fingerprint density at radius 3 is 1.61 bits per heavy atom. The number of benzene rings is 4. The average molecular weight is 468 g/mol. The maximum absolute atomic E-state index is 12.8. The van der Waals surface area contributed by atoms with E-state index in [0.29, 0.717) is 11.1 Å². The van der Waals surface area contributed by atoms with Crippen LogP contribution in [0.15, 0.2) is 102 Å². The molecule has 0 heterocycles. The third kappa shape index (κ3) is 4.87. The Balaban J connectivity index is 1.48. The van der Waals surface area contributed by atoms with Gasteiger partial charge >= 0.3 is 0 Å². The predicted octanol–water partition coefficient (Wildman–Crippen LogP) is 6.08. The number of hydrogen-bond acceptors (Lipinski definition) is 2. The number of ketones is 1. The molecule has 2 nitrogen and oxygen atoms in total. The second-order valence-electron chi connectivity index (χ2n) is 7.38. The molecule has 0 aromatic heterocycles. The number of carbonyl (C=O) groups is 1. The third-order valence-electron chi connectivity index (χ3n) is 5.40. The molecule has 1 unspecified atom stereocenters. The summed E-state index contributed by atoms with van der Waals surface area (Å²) in [5, 5.41) is 10.6. The first kappa shape index (κ1) is 21.3. The molecule has 31 heavy (non-hydrogen) atoms. The van der Waals surface area contributed by atoms with Crippen LogP contribution in [0.1, 0.15) is 22.0 Å². The van der Waals surface area contributed by atoms with Crippen LogP contribution in [0, 0.1) is 0 Å². The second-order valence-corrected chi connectivity index (χ2v) is 8.30. The standard InChI is InChI=1S/C27H21BBrO2/c1-28-24-14-10-20(11-15-24)18-2-6-22(7-3-18)26(30)27(31)23-8-4-19(5-9-23)21-12-16-25(29)17-13-21/h2-17,26,30H,1H3. The van der Waals surface area contributed by atoms with Crippen molar-refractivity contribution >= 4 is 34.5 Å². The van der Waals surface area contributed by atoms with Crippen LogP contribution in [0.4, 0.5) is 0 Å². The molecule has 4 aromatic rings. The Hall–Kier alpha value is -2.95. The van der Waals surface area contributed by atoms with E-state index >= 15 is 0 Å². The van der Waals surface area contributed by atoms with Gasteiger partial charge in [0.1, 0.15) is 13.4 Å². The monoisotopic (exact) mass is 467 g/mol. The highest BCUT2D eigenvalue weighted by Gasteiger charge is 2.19. The Kier molecular flexibility index (Phi) is 6.50. The van der Waals surface area contributed by atoms with Crippen molar-refractivity contribution in [3.05, 3.63) is 113 Å². The number of aliphatic hydroxyl groups is 1. The lowest BCUT2D eigenvalue weighted by Crippen LogP contribution is -2.12. The van der Waals surface area contributed by atoms with Crippen molar-refractivity contribution in [2.45, 2.75) is 12.9 Å². The molecule has 0 saturated carbocycles. The van der Waals surface area contributed by atoms with Gasteiger partial charge in [-0.05, 0) is 39.9 Å². The summed E-state index contributed by atoms with van der Waals surface area (Å²) in [6.45, 7) is 2.01. The predicted molar refractivity (Wildman–Crippen MR) is 132 cm³/mol. The summed E-state index contributed by atoms with van der Waals surface area (Å²) in [6.07, 6.45) is -1.19. The molecule has 0 aliphatic rings. The molecule has 0 amide bonds. The Bertz CT molecular complexity index is 1170. The summed E-state index contributed by atoms with van der Waals surface area (Å²) in [7, 11) is 2.06. The van der Waals surface area contributed by atoms with Crippen molar-refractivity contribution in [1.82, 2.24) is 0 Å². The van der Waals surface area contributed by atoms with Crippen LogP contribution in [0.25, 0.3) is 22.3 Å². The van der Waals surface area contributed by atoms with E-state index in [1.165, 1.54) is 5.46 Å². The second kappa shape index (κ2) is 9.46. The average Bonchev–Trinajstić information content (AvgIpc) is 2.84. The maximum atomic E-state index is 12.8. The van der Waals surface area contributed by atoms with Crippen LogP contribution in [0.3, 0.4) is 0 Å². The van der Waals surface area contributed by atoms with E-state index < -0.39 is 6.10 Å². The molecular weight excluding hydrogens is 447 g/mol. The maximum Gasteiger partial charge on any atom is 0.195 e. The van der Waals surface area contributed by atoms with Gasteiger partial charge in [0, 0.05) is 10.0 Å². The number of aliphatic hydroxyl groups excluding tert-OH is 1. The molecule has 0 fully saturated rings. The van der Waals surface area contributed by atoms with Crippen molar-refractivity contribution in [3.63, 3.8) is 0 Å². The highest BCUT2D eigenvalue weighted by atomic mass is 79.9. The minimum absolute atomic E-state index is 0.307. The number of Topliss-reactive ketones (excluding diaryl/α,β-unsaturated/α-hetero) is 1. The molecule has 1 radical (unpaired) electrons. The first-order chi connectivity index (χ1) is 15.0. The van der Waals surface area contributed by atoms with Gasteiger partial charge in [-0.3, -0.25) is 4.79 Å². The van der Waals surface area contributed by atoms with Crippen LogP contribution < -0.4 is 5.46 Å². The largest absolute Gasteiger partial charge is 0.380 e. The van der Waals surface area contributed by atoms with E-state index in [0.717, 1.165) is 26.7 Å². The molecular formula is C27H21BBrO2. The Morgan fingerprint density at radius 2 is 1.13 bits per heavy atom. The van der Waals surface area contributed by atoms with Gasteiger partial charge in [0.2, 0.25) is 0 Å². The minimum atomic E-state index is -1.19. The van der Waals surface area contributed by atoms with Gasteiger partial charge in [0.05, 0.1) is 0 Å². The van der Waals surface area contributed by atoms with Gasteiger partial charge in [-0.1, -0.05) is 113 Å². The molecule has 0 saturated heterocycles. The molecule has 4 rings (SSSR count). The lowest BCUT2D eigenvalue weighted by molar-refractivity contribution is 0.0747. The smallest absolute Gasteiger partial charge is 0.195 e. The molecule has 4 aromatic carbocycles. The number of halogens is 1. The molecule has 0 aliphatic carbocycles. The fraction of sp³-hybridized carbons (Fsp3) is 0.0741. The SMILES string of the molecule is C[B]c1ccc(-c2ccc(C(O)C(=O)c3ccc(-c4ccc(Br)cc4)cc3)cc2)cc1. The quantitative estimate of drug-likeness (QED) is 0.275. The number of rotatable bonds is 6. The Morgan fingerprint density at radius 1 is 0.710 bits per heavy atom. The van der Waals surface area contributed by atoms with E-state index in [1.54, 1.807) is 12.1 Å². The minimum Gasteiger partial charge on any atom is -0.380 e. The normalized spacial score (nSPS) is 11.7. The van der Waals surface area contributed by atoms with Gasteiger partial charge < -0.3 is 5.11 Å². The van der Waals surface area contributed by atoms with Crippen LogP contribution in [-0.2, 0) is 0 Å². The van der Waals surface area contributed by atoms with Crippen molar-refractivity contribution in [2.24, 2.45) is 0 Å². The highest BCUT2D eigenvalue weighted by molar-refractivity contribution is 9.10. The van der Waals surface area contributed by atoms with Crippen LogP contribution in [0.2, 0.25) is 6.82 Å². The molecule has 1 N–H and O–H groups in total. The zero-order valence-corrected chi connectivity index (χ0v) is 18.7. The van der Waals surface area contributed by atoms with Gasteiger partial charge in [0.25, 0.3) is 0 Å². The van der Waals surface area contributed by atoms with E-state index in [9.17, 15) is 9.90 Å². The zero-order valence-electron chi connectivity index (χ0n) is 17.1. The van der Waals surface area contributed by atoms with E-state index in [1.807, 2.05) is 67.5 Å². The zero-order chi connectivity index (χ0) is 21.8. The number of carbonyl (C=O) groups excluding carboxylic acids is 1. The van der Waals surface area contributed by atoms with Gasteiger partial charge in [-0.25, -0.2) is 0 Å². The fourth-order valence-electron chi connectivity index (χ4n) is 3.50. The summed E-state index contributed by atoms with van der Waals surface area (Å²) >= 11 is 3.44. The summed E-state index contributed by atoms with van der Waals surface area (Å²) < 4.78 is 1.02. The molecule has 1 atom stereocenters. The van der Waals surface area contributed by atoms with Crippen molar-refractivity contribution in [2.75, 3.05) is 0 Å². The van der Waals surface area contributed by atoms with E-state index in [4.69, 9.17) is 0 Å². The van der Waals surface area contributed by atoms with Crippen LogP contribution in [0.5, 0.6) is 0 Å². The molecule has 0 spiro atoms. The van der Waals surface area contributed by atoms with Crippen molar-refractivity contribution < 1.29 is 9.90 Å². The molecule has 4 heteroatoms. The Labute approximate surface area is 192 Å². The molecule has 0 bridgehead atoms.